The minimum Gasteiger partial charge on any atom is -0.377 e. The fourth-order valence-corrected chi connectivity index (χ4v) is 2.29. The van der Waals surface area contributed by atoms with Crippen LogP contribution in [0.15, 0.2) is 48.1 Å². The molecule has 1 aromatic heterocycles. The maximum Gasteiger partial charge on any atom is 0.196 e. The number of nitrogens with zero attached hydrogens (tertiary/aromatic N) is 3. The summed E-state index contributed by atoms with van der Waals surface area (Å²) in [6.45, 7) is 4.16. The van der Waals surface area contributed by atoms with E-state index in [0.29, 0.717) is 6.61 Å². The van der Waals surface area contributed by atoms with Crippen molar-refractivity contribution < 1.29 is 4.74 Å². The normalized spacial score (nSPS) is 10.5. The second-order valence-corrected chi connectivity index (χ2v) is 4.59. The number of methoxy groups -OCH3 is 1. The first-order chi connectivity index (χ1) is 8.86. The van der Waals surface area contributed by atoms with Crippen molar-refractivity contribution in [3.63, 3.8) is 0 Å². The van der Waals surface area contributed by atoms with Gasteiger partial charge in [0.15, 0.2) is 11.0 Å². The highest BCUT2D eigenvalue weighted by molar-refractivity contribution is 7.99. The van der Waals surface area contributed by atoms with Crippen molar-refractivity contribution in [2.24, 2.45) is 0 Å². The number of para-hydroxylation sites is 1. The molecular formula is C13H15N3OS. The predicted molar refractivity (Wildman–Crippen MR) is 73.0 cm³/mol. The van der Waals surface area contributed by atoms with E-state index in [1.54, 1.807) is 18.9 Å². The van der Waals surface area contributed by atoms with Gasteiger partial charge in [-0.3, -0.25) is 4.57 Å². The van der Waals surface area contributed by atoms with Gasteiger partial charge in [-0.15, -0.1) is 16.8 Å². The Balaban J connectivity index is 2.40. The maximum absolute atomic E-state index is 5.16. The van der Waals surface area contributed by atoms with Gasteiger partial charge in [0.1, 0.15) is 6.61 Å². The summed E-state index contributed by atoms with van der Waals surface area (Å²) in [6.07, 6.45) is 1.85. The molecule has 5 heteroatoms. The second kappa shape index (κ2) is 6.37. The molecule has 2 rings (SSSR count). The monoisotopic (exact) mass is 261 g/mol. The molecule has 18 heavy (non-hydrogen) atoms. The van der Waals surface area contributed by atoms with Crippen LogP contribution in [0.1, 0.15) is 5.82 Å². The van der Waals surface area contributed by atoms with Crippen molar-refractivity contribution in [2.75, 3.05) is 12.9 Å². The Kier molecular flexibility index (Phi) is 4.55. The van der Waals surface area contributed by atoms with Crippen LogP contribution >= 0.6 is 11.8 Å². The molecule has 0 spiro atoms. The van der Waals surface area contributed by atoms with Crippen molar-refractivity contribution >= 4 is 11.8 Å². The predicted octanol–water partition coefficient (Wildman–Crippen LogP) is 2.69. The summed E-state index contributed by atoms with van der Waals surface area (Å²) in [5, 5.41) is 9.22. The third-order valence-corrected chi connectivity index (χ3v) is 3.24. The molecule has 2 aromatic rings. The Morgan fingerprint density at radius 1 is 1.33 bits per heavy atom. The molecule has 0 saturated carbocycles. The summed E-state index contributed by atoms with van der Waals surface area (Å²) in [6, 6.07) is 10.0. The van der Waals surface area contributed by atoms with E-state index in [-0.39, 0.29) is 0 Å². The van der Waals surface area contributed by atoms with Crippen molar-refractivity contribution in [3.05, 3.63) is 48.8 Å². The molecule has 0 radical (unpaired) electrons. The standard InChI is InChI=1S/C13H15N3OS/c1-3-9-18-13-15-14-12(10-17-2)16(13)11-7-5-4-6-8-11/h3-8H,1,9-10H2,2H3. The fourth-order valence-electron chi connectivity index (χ4n) is 1.59. The third-order valence-electron chi connectivity index (χ3n) is 2.32. The van der Waals surface area contributed by atoms with Crippen LogP contribution in [0.5, 0.6) is 0 Å². The molecule has 4 nitrogen and oxygen atoms in total. The average Bonchev–Trinajstić information content (AvgIpc) is 2.81. The molecule has 94 valence electrons. The van der Waals surface area contributed by atoms with E-state index >= 15 is 0 Å². The van der Waals surface area contributed by atoms with Gasteiger partial charge in [-0.25, -0.2) is 0 Å². The van der Waals surface area contributed by atoms with E-state index in [4.69, 9.17) is 4.74 Å². The second-order valence-electron chi connectivity index (χ2n) is 3.60. The van der Waals surface area contributed by atoms with Crippen LogP contribution in [-0.4, -0.2) is 27.6 Å². The Hall–Kier alpha value is -1.59. The van der Waals surface area contributed by atoms with Gasteiger partial charge in [0.05, 0.1) is 0 Å². The lowest BCUT2D eigenvalue weighted by Gasteiger charge is -2.08. The van der Waals surface area contributed by atoms with Gasteiger partial charge in [-0.1, -0.05) is 36.0 Å². The van der Waals surface area contributed by atoms with Gasteiger partial charge in [-0.05, 0) is 12.1 Å². The minimum absolute atomic E-state index is 0.441. The fraction of sp³-hybridized carbons (Fsp3) is 0.231. The molecule has 0 aliphatic rings. The van der Waals surface area contributed by atoms with E-state index in [2.05, 4.69) is 16.8 Å². The van der Waals surface area contributed by atoms with Gasteiger partial charge in [0.2, 0.25) is 0 Å². The number of thioether (sulfide) groups is 1. The molecule has 1 aromatic carbocycles. The summed E-state index contributed by atoms with van der Waals surface area (Å²) in [7, 11) is 1.65. The highest BCUT2D eigenvalue weighted by Gasteiger charge is 2.13. The van der Waals surface area contributed by atoms with Crippen molar-refractivity contribution in [1.29, 1.82) is 0 Å². The molecule has 0 fully saturated rings. The summed E-state index contributed by atoms with van der Waals surface area (Å²) in [4.78, 5) is 0. The van der Waals surface area contributed by atoms with Crippen LogP contribution in [0.4, 0.5) is 0 Å². The largest absolute Gasteiger partial charge is 0.377 e. The van der Waals surface area contributed by atoms with Gasteiger partial charge in [0.25, 0.3) is 0 Å². The van der Waals surface area contributed by atoms with Crippen LogP contribution in [0.3, 0.4) is 0 Å². The van der Waals surface area contributed by atoms with Crippen LogP contribution in [-0.2, 0) is 11.3 Å². The molecule has 0 aliphatic carbocycles. The SMILES string of the molecule is C=CCSc1nnc(COC)n1-c1ccccc1. The number of hydrogen-bond acceptors (Lipinski definition) is 4. The number of ether oxygens (including phenoxy) is 1. The molecule has 0 unspecified atom stereocenters. The van der Waals surface area contributed by atoms with Crippen molar-refractivity contribution in [2.45, 2.75) is 11.8 Å². The first kappa shape index (κ1) is 12.9. The average molecular weight is 261 g/mol. The maximum atomic E-state index is 5.16. The first-order valence-corrected chi connectivity index (χ1v) is 6.57. The molecule has 0 N–H and O–H groups in total. The zero-order valence-electron chi connectivity index (χ0n) is 10.2. The summed E-state index contributed by atoms with van der Waals surface area (Å²) in [5.74, 6) is 1.60. The topological polar surface area (TPSA) is 39.9 Å². The van der Waals surface area contributed by atoms with Crippen LogP contribution in [0, 0.1) is 0 Å². The van der Waals surface area contributed by atoms with E-state index < -0.39 is 0 Å². The van der Waals surface area contributed by atoms with E-state index in [9.17, 15) is 0 Å². The Morgan fingerprint density at radius 2 is 2.11 bits per heavy atom. The molecule has 0 aliphatic heterocycles. The summed E-state index contributed by atoms with van der Waals surface area (Å²) in [5.41, 5.74) is 1.04. The number of aromatic nitrogens is 3. The molecule has 1 heterocycles. The van der Waals surface area contributed by atoms with Crippen molar-refractivity contribution in [3.8, 4) is 5.69 Å². The van der Waals surface area contributed by atoms with Gasteiger partial charge in [0, 0.05) is 18.6 Å². The molecule has 0 saturated heterocycles. The summed E-state index contributed by atoms with van der Waals surface area (Å²) >= 11 is 1.60. The Labute approximate surface area is 111 Å². The lowest BCUT2D eigenvalue weighted by molar-refractivity contribution is 0.176. The quantitative estimate of drug-likeness (QED) is 0.592. The van der Waals surface area contributed by atoms with E-state index in [1.165, 1.54) is 0 Å². The van der Waals surface area contributed by atoms with Crippen molar-refractivity contribution in [1.82, 2.24) is 14.8 Å². The van der Waals surface area contributed by atoms with E-state index in [0.717, 1.165) is 22.4 Å². The smallest absolute Gasteiger partial charge is 0.196 e. The molecule has 0 amide bonds. The van der Waals surface area contributed by atoms with E-state index in [1.807, 2.05) is 41.0 Å². The minimum atomic E-state index is 0.441. The van der Waals surface area contributed by atoms with Crippen LogP contribution < -0.4 is 0 Å². The van der Waals surface area contributed by atoms with Gasteiger partial charge < -0.3 is 4.74 Å². The Morgan fingerprint density at radius 3 is 2.78 bits per heavy atom. The molecule has 0 atom stereocenters. The summed E-state index contributed by atoms with van der Waals surface area (Å²) < 4.78 is 7.17. The third kappa shape index (κ3) is 2.80. The van der Waals surface area contributed by atoms with Gasteiger partial charge >= 0.3 is 0 Å². The molecule has 0 bridgehead atoms. The number of benzene rings is 1. The first-order valence-electron chi connectivity index (χ1n) is 5.59. The van der Waals surface area contributed by atoms with Crippen LogP contribution in [0.2, 0.25) is 0 Å². The highest BCUT2D eigenvalue weighted by Crippen LogP contribution is 2.22. The van der Waals surface area contributed by atoms with Gasteiger partial charge in [-0.2, -0.15) is 0 Å². The Bertz CT molecular complexity index is 510. The van der Waals surface area contributed by atoms with Crippen LogP contribution in [0.25, 0.3) is 5.69 Å². The lowest BCUT2D eigenvalue weighted by Crippen LogP contribution is -2.03. The zero-order valence-corrected chi connectivity index (χ0v) is 11.1. The number of hydrogen-bond donors (Lipinski definition) is 0. The molecular weight excluding hydrogens is 246 g/mol. The zero-order chi connectivity index (χ0) is 12.8. The number of rotatable bonds is 6. The highest BCUT2D eigenvalue weighted by atomic mass is 32.2. The lowest BCUT2D eigenvalue weighted by atomic mass is 10.3.